The molecule has 0 amide bonds. The summed E-state index contributed by atoms with van der Waals surface area (Å²) in [4.78, 5) is 1.13. The van der Waals surface area contributed by atoms with Gasteiger partial charge in [0.15, 0.2) is 0 Å². The Labute approximate surface area is 103 Å². The molecule has 1 heterocycles. The smallest absolute Gasteiger partial charge is 0.401 e. The molecular formula is C10H16F3N3O2. The van der Waals surface area contributed by atoms with Crippen molar-refractivity contribution in [3.8, 4) is 0 Å². The Hall–Kier alpha value is -1.15. The number of hydrogen-bond acceptors (Lipinski definition) is 5. The number of aromatic nitrogens is 2. The molecule has 0 aliphatic rings. The molecule has 8 heteroatoms. The van der Waals surface area contributed by atoms with E-state index in [-0.39, 0.29) is 32.0 Å². The lowest BCUT2D eigenvalue weighted by molar-refractivity contribution is -0.148. The fourth-order valence-electron chi connectivity index (χ4n) is 1.45. The zero-order valence-electron chi connectivity index (χ0n) is 10.1. The summed E-state index contributed by atoms with van der Waals surface area (Å²) >= 11 is 0. The Morgan fingerprint density at radius 2 is 1.94 bits per heavy atom. The lowest BCUT2D eigenvalue weighted by Crippen LogP contribution is -2.35. The van der Waals surface area contributed by atoms with Crippen LogP contribution in [0.2, 0.25) is 0 Å². The minimum atomic E-state index is -4.29. The van der Waals surface area contributed by atoms with Gasteiger partial charge >= 0.3 is 6.18 Å². The molecule has 1 N–H and O–H groups in total. The van der Waals surface area contributed by atoms with Gasteiger partial charge in [-0.05, 0) is 6.42 Å². The van der Waals surface area contributed by atoms with Gasteiger partial charge in [-0.15, -0.1) is 10.2 Å². The van der Waals surface area contributed by atoms with Crippen molar-refractivity contribution in [3.05, 3.63) is 11.8 Å². The van der Waals surface area contributed by atoms with Gasteiger partial charge in [0.25, 0.3) is 0 Å². The first-order valence-corrected chi connectivity index (χ1v) is 5.66. The number of aliphatic hydroxyl groups excluding tert-OH is 1. The molecule has 0 spiro atoms. The summed E-state index contributed by atoms with van der Waals surface area (Å²) in [6.45, 7) is 0.665. The largest absolute Gasteiger partial charge is 0.424 e. The highest BCUT2D eigenvalue weighted by molar-refractivity contribution is 4.82. The third kappa shape index (κ3) is 5.46. The van der Waals surface area contributed by atoms with Gasteiger partial charge in [-0.1, -0.05) is 6.92 Å². The van der Waals surface area contributed by atoms with E-state index in [2.05, 4.69) is 10.2 Å². The molecule has 0 radical (unpaired) electrons. The van der Waals surface area contributed by atoms with E-state index in [1.54, 1.807) is 0 Å². The predicted molar refractivity (Wildman–Crippen MR) is 56.7 cm³/mol. The Balaban J connectivity index is 2.59. The van der Waals surface area contributed by atoms with Crippen LogP contribution >= 0.6 is 0 Å². The van der Waals surface area contributed by atoms with Crippen molar-refractivity contribution in [2.24, 2.45) is 0 Å². The first kappa shape index (κ1) is 14.9. The van der Waals surface area contributed by atoms with Gasteiger partial charge in [-0.2, -0.15) is 13.2 Å². The van der Waals surface area contributed by atoms with Gasteiger partial charge in [-0.3, -0.25) is 4.90 Å². The molecular weight excluding hydrogens is 251 g/mol. The molecule has 0 saturated carbocycles. The molecule has 104 valence electrons. The Bertz CT molecular complexity index is 354. The summed E-state index contributed by atoms with van der Waals surface area (Å²) in [6, 6.07) is 0. The highest BCUT2D eigenvalue weighted by Crippen LogP contribution is 2.18. The fraction of sp³-hybridized carbons (Fsp3) is 0.800. The molecule has 1 aromatic rings. The van der Waals surface area contributed by atoms with Crippen molar-refractivity contribution in [1.29, 1.82) is 0 Å². The number of rotatable bonds is 7. The van der Waals surface area contributed by atoms with Crippen LogP contribution in [0, 0.1) is 0 Å². The third-order valence-electron chi connectivity index (χ3n) is 2.21. The van der Waals surface area contributed by atoms with Crippen molar-refractivity contribution >= 4 is 0 Å². The number of nitrogens with zero attached hydrogens (tertiary/aromatic N) is 3. The fourth-order valence-corrected chi connectivity index (χ4v) is 1.45. The zero-order chi connectivity index (χ0) is 13.6. The minimum absolute atomic E-state index is 0.0630. The molecule has 0 atom stereocenters. The van der Waals surface area contributed by atoms with Crippen LogP contribution in [0.25, 0.3) is 0 Å². The number of alkyl halides is 3. The Morgan fingerprint density at radius 3 is 2.44 bits per heavy atom. The van der Waals surface area contributed by atoms with Gasteiger partial charge in [0.05, 0.1) is 13.1 Å². The predicted octanol–water partition coefficient (Wildman–Crippen LogP) is 1.38. The van der Waals surface area contributed by atoms with Crippen LogP contribution in [0.15, 0.2) is 4.42 Å². The van der Waals surface area contributed by atoms with E-state index in [0.717, 1.165) is 4.90 Å². The molecule has 0 saturated heterocycles. The second kappa shape index (κ2) is 6.69. The molecule has 5 nitrogen and oxygen atoms in total. The number of aryl methyl sites for hydroxylation is 1. The summed E-state index contributed by atoms with van der Waals surface area (Å²) in [5.41, 5.74) is 0. The highest BCUT2D eigenvalue weighted by atomic mass is 19.4. The van der Waals surface area contributed by atoms with E-state index in [1.165, 1.54) is 0 Å². The quantitative estimate of drug-likeness (QED) is 0.808. The topological polar surface area (TPSA) is 62.4 Å². The van der Waals surface area contributed by atoms with Crippen molar-refractivity contribution in [2.75, 3.05) is 19.7 Å². The van der Waals surface area contributed by atoms with Crippen LogP contribution in [-0.2, 0) is 13.0 Å². The molecule has 1 aromatic heterocycles. The van der Waals surface area contributed by atoms with Crippen LogP contribution in [0.1, 0.15) is 25.1 Å². The standard InChI is InChI=1S/C10H16F3N3O2/c1-2-8-14-15-9(18-8)6-16(4-3-5-17)7-10(11,12)13/h17H,2-7H2,1H3. The van der Waals surface area contributed by atoms with Crippen molar-refractivity contribution in [3.63, 3.8) is 0 Å². The summed E-state index contributed by atoms with van der Waals surface area (Å²) in [7, 11) is 0. The van der Waals surface area contributed by atoms with Crippen LogP contribution in [0.3, 0.4) is 0 Å². The van der Waals surface area contributed by atoms with E-state index in [1.807, 2.05) is 6.92 Å². The second-order valence-corrected chi connectivity index (χ2v) is 3.85. The number of aliphatic hydroxyl groups is 1. The van der Waals surface area contributed by atoms with Crippen LogP contribution in [-0.4, -0.2) is 46.1 Å². The first-order chi connectivity index (χ1) is 8.44. The maximum absolute atomic E-state index is 12.3. The summed E-state index contributed by atoms with van der Waals surface area (Å²) in [6.07, 6.45) is -3.48. The van der Waals surface area contributed by atoms with Gasteiger partial charge < -0.3 is 9.52 Å². The SMILES string of the molecule is CCc1nnc(CN(CCCO)CC(F)(F)F)o1. The molecule has 0 fully saturated rings. The van der Waals surface area contributed by atoms with E-state index in [9.17, 15) is 13.2 Å². The normalized spacial score (nSPS) is 12.3. The Morgan fingerprint density at radius 1 is 1.28 bits per heavy atom. The maximum Gasteiger partial charge on any atom is 0.401 e. The van der Waals surface area contributed by atoms with E-state index >= 15 is 0 Å². The maximum atomic E-state index is 12.3. The lowest BCUT2D eigenvalue weighted by Gasteiger charge is -2.21. The van der Waals surface area contributed by atoms with Gasteiger partial charge in [0.1, 0.15) is 0 Å². The van der Waals surface area contributed by atoms with Crippen molar-refractivity contribution in [1.82, 2.24) is 15.1 Å². The zero-order valence-corrected chi connectivity index (χ0v) is 10.1. The van der Waals surface area contributed by atoms with Crippen LogP contribution in [0.5, 0.6) is 0 Å². The van der Waals surface area contributed by atoms with Crippen molar-refractivity contribution < 1.29 is 22.7 Å². The molecule has 0 unspecified atom stereocenters. The molecule has 0 aromatic carbocycles. The summed E-state index contributed by atoms with van der Waals surface area (Å²) in [5.74, 6) is 0.563. The third-order valence-corrected chi connectivity index (χ3v) is 2.21. The number of halogens is 3. The molecule has 18 heavy (non-hydrogen) atoms. The molecule has 0 bridgehead atoms. The van der Waals surface area contributed by atoms with E-state index in [4.69, 9.17) is 9.52 Å². The highest BCUT2D eigenvalue weighted by Gasteiger charge is 2.31. The Kier molecular flexibility index (Phi) is 5.54. The monoisotopic (exact) mass is 267 g/mol. The molecule has 0 aliphatic carbocycles. The summed E-state index contributed by atoms with van der Waals surface area (Å²) in [5, 5.41) is 16.0. The lowest BCUT2D eigenvalue weighted by atomic mass is 10.3. The minimum Gasteiger partial charge on any atom is -0.424 e. The van der Waals surface area contributed by atoms with E-state index < -0.39 is 12.7 Å². The van der Waals surface area contributed by atoms with Gasteiger partial charge in [0.2, 0.25) is 11.8 Å². The molecule has 1 rings (SSSR count). The van der Waals surface area contributed by atoms with Gasteiger partial charge in [0, 0.05) is 19.6 Å². The van der Waals surface area contributed by atoms with Gasteiger partial charge in [-0.25, -0.2) is 0 Å². The van der Waals surface area contributed by atoms with Crippen LogP contribution < -0.4 is 0 Å². The molecule has 0 aliphatic heterocycles. The first-order valence-electron chi connectivity index (χ1n) is 5.66. The average molecular weight is 267 g/mol. The van der Waals surface area contributed by atoms with E-state index in [0.29, 0.717) is 12.3 Å². The van der Waals surface area contributed by atoms with Crippen LogP contribution in [0.4, 0.5) is 13.2 Å². The second-order valence-electron chi connectivity index (χ2n) is 3.85. The summed E-state index contributed by atoms with van der Waals surface area (Å²) < 4.78 is 42.2. The number of hydrogen-bond donors (Lipinski definition) is 1. The van der Waals surface area contributed by atoms with Crippen molar-refractivity contribution in [2.45, 2.75) is 32.5 Å². The average Bonchev–Trinajstić information content (AvgIpc) is 2.71.